The molecule has 2 heterocycles. The van der Waals surface area contributed by atoms with Crippen LogP contribution in [0.5, 0.6) is 0 Å². The van der Waals surface area contributed by atoms with Crippen LogP contribution in [0.1, 0.15) is 21.6 Å². The minimum absolute atomic E-state index is 0.314. The number of hydrogen-bond donors (Lipinski definition) is 1. The number of rotatable bonds is 1. The quantitative estimate of drug-likeness (QED) is 0.871. The Morgan fingerprint density at radius 2 is 1.90 bits per heavy atom. The Bertz CT molecular complexity index is 748. The van der Waals surface area contributed by atoms with E-state index in [9.17, 15) is 5.26 Å². The van der Waals surface area contributed by atoms with E-state index in [1.54, 1.807) is 0 Å². The first-order chi connectivity index (χ1) is 9.74. The van der Waals surface area contributed by atoms with Crippen LogP contribution in [-0.2, 0) is 13.0 Å². The molecule has 5 heteroatoms. The lowest BCUT2D eigenvalue weighted by Gasteiger charge is -2.29. The van der Waals surface area contributed by atoms with Crippen molar-refractivity contribution in [2.45, 2.75) is 13.0 Å². The van der Waals surface area contributed by atoms with Gasteiger partial charge in [-0.2, -0.15) is 10.5 Å². The van der Waals surface area contributed by atoms with Crippen molar-refractivity contribution in [2.24, 2.45) is 0 Å². The molecule has 4 nitrogen and oxygen atoms in total. The Labute approximate surface area is 121 Å². The molecule has 0 atom stereocenters. The van der Waals surface area contributed by atoms with Crippen LogP contribution >= 0.6 is 11.3 Å². The van der Waals surface area contributed by atoms with Crippen molar-refractivity contribution in [1.29, 1.82) is 10.5 Å². The van der Waals surface area contributed by atoms with Gasteiger partial charge in [-0.15, -0.1) is 11.3 Å². The molecule has 20 heavy (non-hydrogen) atoms. The molecule has 2 aromatic rings. The summed E-state index contributed by atoms with van der Waals surface area (Å²) in [5.41, 5.74) is 9.24. The maximum atomic E-state index is 9.27. The number of nitrogen functional groups attached to an aromatic ring is 1. The third-order valence-electron chi connectivity index (χ3n) is 3.56. The van der Waals surface area contributed by atoms with Gasteiger partial charge in [0, 0.05) is 13.1 Å². The van der Waals surface area contributed by atoms with Gasteiger partial charge in [0.15, 0.2) is 0 Å². The number of thiophene rings is 1. The lowest BCUT2D eigenvalue weighted by molar-refractivity contribution is 0.737. The minimum Gasteiger partial charge on any atom is -0.396 e. The molecule has 0 saturated heterocycles. The van der Waals surface area contributed by atoms with Gasteiger partial charge in [-0.3, -0.25) is 0 Å². The van der Waals surface area contributed by atoms with Crippen LogP contribution in [0, 0.1) is 22.7 Å². The van der Waals surface area contributed by atoms with Crippen molar-refractivity contribution in [2.75, 3.05) is 17.2 Å². The first kappa shape index (κ1) is 12.5. The molecule has 0 aliphatic carbocycles. The summed E-state index contributed by atoms with van der Waals surface area (Å²) in [5, 5.41) is 19.2. The van der Waals surface area contributed by atoms with Crippen molar-refractivity contribution in [1.82, 2.24) is 0 Å². The molecular formula is C15H12N4S. The van der Waals surface area contributed by atoms with Gasteiger partial charge in [-0.1, -0.05) is 24.3 Å². The van der Waals surface area contributed by atoms with Crippen LogP contribution in [-0.4, -0.2) is 6.54 Å². The Hall–Kier alpha value is -2.50. The number of nitrogens with zero attached hydrogens (tertiary/aromatic N) is 3. The van der Waals surface area contributed by atoms with E-state index in [2.05, 4.69) is 29.2 Å². The zero-order valence-corrected chi connectivity index (χ0v) is 11.6. The second kappa shape index (κ2) is 4.88. The molecule has 1 aliphatic heterocycles. The number of fused-ring (bicyclic) bond motifs is 1. The highest BCUT2D eigenvalue weighted by atomic mass is 32.1. The molecule has 0 fully saturated rings. The predicted octanol–water partition coefficient (Wildman–Crippen LogP) is 2.64. The monoisotopic (exact) mass is 280 g/mol. The summed E-state index contributed by atoms with van der Waals surface area (Å²) in [6, 6.07) is 12.5. The topological polar surface area (TPSA) is 76.8 Å². The summed E-state index contributed by atoms with van der Waals surface area (Å²) in [4.78, 5) is 2.57. The van der Waals surface area contributed by atoms with E-state index in [0.717, 1.165) is 24.5 Å². The van der Waals surface area contributed by atoms with Crippen molar-refractivity contribution in [3.8, 4) is 12.1 Å². The molecular weight excluding hydrogens is 268 g/mol. The van der Waals surface area contributed by atoms with Gasteiger partial charge in [0.25, 0.3) is 0 Å². The fourth-order valence-electron chi connectivity index (χ4n) is 2.51. The summed E-state index contributed by atoms with van der Waals surface area (Å²) in [6.45, 7) is 1.60. The zero-order valence-electron chi connectivity index (χ0n) is 10.8. The van der Waals surface area contributed by atoms with E-state index < -0.39 is 0 Å². The molecule has 3 rings (SSSR count). The summed E-state index contributed by atoms with van der Waals surface area (Å²) < 4.78 is 0. The van der Waals surface area contributed by atoms with Gasteiger partial charge >= 0.3 is 0 Å². The van der Waals surface area contributed by atoms with Crippen molar-refractivity contribution in [3.63, 3.8) is 0 Å². The third-order valence-corrected chi connectivity index (χ3v) is 4.73. The van der Waals surface area contributed by atoms with Gasteiger partial charge < -0.3 is 10.6 Å². The first-order valence-corrected chi connectivity index (χ1v) is 7.10. The van der Waals surface area contributed by atoms with Gasteiger partial charge in [0.05, 0.1) is 5.69 Å². The molecule has 0 radical (unpaired) electrons. The zero-order chi connectivity index (χ0) is 14.1. The average molecular weight is 280 g/mol. The van der Waals surface area contributed by atoms with Crippen LogP contribution in [0.2, 0.25) is 0 Å². The van der Waals surface area contributed by atoms with E-state index in [1.165, 1.54) is 22.5 Å². The van der Waals surface area contributed by atoms with E-state index in [4.69, 9.17) is 11.0 Å². The molecule has 2 N–H and O–H groups in total. The average Bonchev–Trinajstić information content (AvgIpc) is 2.82. The number of nitrogens with two attached hydrogens (primary N) is 1. The van der Waals surface area contributed by atoms with E-state index in [0.29, 0.717) is 16.1 Å². The first-order valence-electron chi connectivity index (χ1n) is 6.28. The lowest BCUT2D eigenvalue weighted by Crippen LogP contribution is -2.30. The molecule has 98 valence electrons. The molecule has 1 aromatic heterocycles. The summed E-state index contributed by atoms with van der Waals surface area (Å²) in [6.07, 6.45) is 0.945. The molecule has 0 amide bonds. The maximum absolute atomic E-state index is 9.27. The normalized spacial score (nSPS) is 13.4. The summed E-state index contributed by atoms with van der Waals surface area (Å²) in [7, 11) is 0. The molecule has 0 unspecified atom stereocenters. The lowest BCUT2D eigenvalue weighted by atomic mass is 10.00. The fraction of sp³-hybridized carbons (Fsp3) is 0.200. The molecule has 1 aliphatic rings. The molecule has 1 aromatic carbocycles. The summed E-state index contributed by atoms with van der Waals surface area (Å²) in [5.74, 6) is 0. The highest BCUT2D eigenvalue weighted by Crippen LogP contribution is 2.39. The van der Waals surface area contributed by atoms with Gasteiger partial charge in [0.1, 0.15) is 27.6 Å². The van der Waals surface area contributed by atoms with Crippen LogP contribution in [0.3, 0.4) is 0 Å². The number of nitriles is 2. The maximum Gasteiger partial charge on any atom is 0.131 e. The second-order valence-corrected chi connectivity index (χ2v) is 5.69. The van der Waals surface area contributed by atoms with Gasteiger partial charge in [-0.25, -0.2) is 0 Å². The Balaban J connectivity index is 2.01. The molecule has 0 saturated carbocycles. The van der Waals surface area contributed by atoms with Gasteiger partial charge in [-0.05, 0) is 17.5 Å². The van der Waals surface area contributed by atoms with E-state index in [1.807, 2.05) is 12.1 Å². The molecule has 0 spiro atoms. The van der Waals surface area contributed by atoms with Crippen molar-refractivity contribution >= 4 is 22.0 Å². The molecule has 0 bridgehead atoms. The second-order valence-electron chi connectivity index (χ2n) is 4.69. The Kier molecular flexibility index (Phi) is 3.06. The fourth-order valence-corrected chi connectivity index (χ4v) is 3.51. The number of anilines is 2. The van der Waals surface area contributed by atoms with E-state index >= 15 is 0 Å². The van der Waals surface area contributed by atoms with Crippen LogP contribution in [0.25, 0.3) is 0 Å². The standard InChI is InChI=1S/C15H12N4S/c16-7-12-14(18)13(8-17)20-15(12)19-6-5-10-3-1-2-4-11(10)9-19/h1-4H,5-6,9,18H2. The summed E-state index contributed by atoms with van der Waals surface area (Å²) >= 11 is 1.31. The predicted molar refractivity (Wildman–Crippen MR) is 79.4 cm³/mol. The minimum atomic E-state index is 0.314. The Morgan fingerprint density at radius 3 is 2.60 bits per heavy atom. The van der Waals surface area contributed by atoms with Crippen LogP contribution in [0.15, 0.2) is 24.3 Å². The SMILES string of the molecule is N#Cc1sc(N2CCc3ccccc3C2)c(C#N)c1N. The van der Waals surface area contributed by atoms with Crippen LogP contribution < -0.4 is 10.6 Å². The largest absolute Gasteiger partial charge is 0.396 e. The number of hydrogen-bond acceptors (Lipinski definition) is 5. The third kappa shape index (κ3) is 1.89. The number of benzene rings is 1. The highest BCUT2D eigenvalue weighted by molar-refractivity contribution is 7.17. The van der Waals surface area contributed by atoms with Gasteiger partial charge in [0.2, 0.25) is 0 Å². The highest BCUT2D eigenvalue weighted by Gasteiger charge is 2.23. The van der Waals surface area contributed by atoms with Crippen LogP contribution in [0.4, 0.5) is 10.7 Å². The van der Waals surface area contributed by atoms with Crippen molar-refractivity contribution in [3.05, 3.63) is 45.8 Å². The van der Waals surface area contributed by atoms with E-state index in [-0.39, 0.29) is 0 Å². The van der Waals surface area contributed by atoms with Crippen molar-refractivity contribution < 1.29 is 0 Å². The smallest absolute Gasteiger partial charge is 0.131 e. The Morgan fingerprint density at radius 1 is 1.15 bits per heavy atom.